The number of halogens is 2. The largest absolute Gasteiger partial charge is 0.483 e. The quantitative estimate of drug-likeness (QED) is 0.867. The van der Waals surface area contributed by atoms with Gasteiger partial charge in [0, 0.05) is 18.1 Å². The second-order valence-electron chi connectivity index (χ2n) is 3.56. The standard InChI is InChI=1S/C12H15BrClNO3/c1-2-15(5-6-16)12(17)8-18-11-4-3-9(14)7-10(11)13/h3-4,7,16H,2,5-6,8H2,1H3. The summed E-state index contributed by atoms with van der Waals surface area (Å²) in [6.07, 6.45) is 0. The van der Waals surface area contributed by atoms with E-state index in [2.05, 4.69) is 15.9 Å². The van der Waals surface area contributed by atoms with E-state index in [9.17, 15) is 4.79 Å². The lowest BCUT2D eigenvalue weighted by Gasteiger charge is -2.19. The number of ether oxygens (including phenoxy) is 1. The molecule has 0 aliphatic heterocycles. The highest BCUT2D eigenvalue weighted by atomic mass is 79.9. The Labute approximate surface area is 120 Å². The first-order chi connectivity index (χ1) is 8.58. The molecule has 0 unspecified atom stereocenters. The van der Waals surface area contributed by atoms with Gasteiger partial charge in [0.05, 0.1) is 11.1 Å². The first-order valence-corrected chi connectivity index (χ1v) is 6.72. The fourth-order valence-electron chi connectivity index (χ4n) is 1.40. The minimum atomic E-state index is -0.159. The molecule has 100 valence electrons. The van der Waals surface area contributed by atoms with Crippen LogP contribution in [-0.2, 0) is 4.79 Å². The summed E-state index contributed by atoms with van der Waals surface area (Å²) in [4.78, 5) is 13.3. The number of hydrogen-bond acceptors (Lipinski definition) is 3. The second kappa shape index (κ2) is 7.61. The van der Waals surface area contributed by atoms with E-state index in [1.807, 2.05) is 6.92 Å². The zero-order valence-electron chi connectivity index (χ0n) is 10.0. The predicted molar refractivity (Wildman–Crippen MR) is 74.0 cm³/mol. The first kappa shape index (κ1) is 15.3. The van der Waals surface area contributed by atoms with Crippen molar-refractivity contribution in [2.45, 2.75) is 6.92 Å². The van der Waals surface area contributed by atoms with Crippen molar-refractivity contribution in [1.29, 1.82) is 0 Å². The molecule has 4 nitrogen and oxygen atoms in total. The molecule has 0 fully saturated rings. The molecular weight excluding hydrogens is 321 g/mol. The molecule has 0 saturated heterocycles. The van der Waals surface area contributed by atoms with E-state index in [0.717, 1.165) is 0 Å². The van der Waals surface area contributed by atoms with E-state index in [-0.39, 0.29) is 19.1 Å². The Morgan fingerprint density at radius 3 is 2.83 bits per heavy atom. The van der Waals surface area contributed by atoms with Crippen molar-refractivity contribution in [1.82, 2.24) is 4.90 Å². The molecule has 0 spiro atoms. The summed E-state index contributed by atoms with van der Waals surface area (Å²) >= 11 is 9.11. The second-order valence-corrected chi connectivity index (χ2v) is 4.85. The fourth-order valence-corrected chi connectivity index (χ4v) is 2.20. The van der Waals surface area contributed by atoms with Crippen molar-refractivity contribution < 1.29 is 14.6 Å². The lowest BCUT2D eigenvalue weighted by molar-refractivity contribution is -0.133. The molecule has 0 bridgehead atoms. The lowest BCUT2D eigenvalue weighted by Crippen LogP contribution is -2.36. The van der Waals surface area contributed by atoms with Gasteiger partial charge in [0.15, 0.2) is 6.61 Å². The first-order valence-electron chi connectivity index (χ1n) is 5.55. The number of aliphatic hydroxyl groups is 1. The number of aliphatic hydroxyl groups excluding tert-OH is 1. The van der Waals surface area contributed by atoms with E-state index in [1.165, 1.54) is 4.90 Å². The van der Waals surface area contributed by atoms with Crippen LogP contribution in [0.5, 0.6) is 5.75 Å². The summed E-state index contributed by atoms with van der Waals surface area (Å²) in [6.45, 7) is 2.61. The van der Waals surface area contributed by atoms with Crippen LogP contribution in [0.4, 0.5) is 0 Å². The van der Waals surface area contributed by atoms with Gasteiger partial charge in [0.1, 0.15) is 5.75 Å². The van der Waals surface area contributed by atoms with Gasteiger partial charge in [-0.2, -0.15) is 0 Å². The molecule has 0 heterocycles. The summed E-state index contributed by atoms with van der Waals surface area (Å²) in [6, 6.07) is 5.09. The van der Waals surface area contributed by atoms with Gasteiger partial charge in [-0.15, -0.1) is 0 Å². The number of carbonyl (C=O) groups excluding carboxylic acids is 1. The number of nitrogens with zero attached hydrogens (tertiary/aromatic N) is 1. The van der Waals surface area contributed by atoms with Gasteiger partial charge in [-0.3, -0.25) is 4.79 Å². The smallest absolute Gasteiger partial charge is 0.260 e. The molecular formula is C12H15BrClNO3. The van der Waals surface area contributed by atoms with Gasteiger partial charge < -0.3 is 14.7 Å². The van der Waals surface area contributed by atoms with Crippen LogP contribution >= 0.6 is 27.5 Å². The maximum absolute atomic E-state index is 11.8. The Hall–Kier alpha value is -0.780. The molecule has 1 aromatic carbocycles. The molecule has 0 aromatic heterocycles. The summed E-state index contributed by atoms with van der Waals surface area (Å²) in [5.41, 5.74) is 0. The van der Waals surface area contributed by atoms with Crippen LogP contribution in [-0.4, -0.2) is 42.2 Å². The monoisotopic (exact) mass is 335 g/mol. The highest BCUT2D eigenvalue weighted by Crippen LogP contribution is 2.27. The number of benzene rings is 1. The lowest BCUT2D eigenvalue weighted by atomic mass is 10.3. The van der Waals surface area contributed by atoms with Gasteiger partial charge >= 0.3 is 0 Å². The number of amides is 1. The Balaban J connectivity index is 2.56. The number of likely N-dealkylation sites (N-methyl/N-ethyl adjacent to an activating group) is 1. The zero-order chi connectivity index (χ0) is 13.5. The number of carbonyl (C=O) groups is 1. The van der Waals surface area contributed by atoms with Crippen molar-refractivity contribution in [2.75, 3.05) is 26.3 Å². The molecule has 0 atom stereocenters. The van der Waals surface area contributed by atoms with Gasteiger partial charge in [0.25, 0.3) is 5.91 Å². The maximum Gasteiger partial charge on any atom is 0.260 e. The molecule has 1 amide bonds. The summed E-state index contributed by atoms with van der Waals surface area (Å²) < 4.78 is 6.11. The van der Waals surface area contributed by atoms with Crippen molar-refractivity contribution in [3.63, 3.8) is 0 Å². The molecule has 6 heteroatoms. The van der Waals surface area contributed by atoms with Gasteiger partial charge in [-0.1, -0.05) is 11.6 Å². The van der Waals surface area contributed by atoms with Gasteiger partial charge in [-0.25, -0.2) is 0 Å². The summed E-state index contributed by atoms with van der Waals surface area (Å²) in [7, 11) is 0. The van der Waals surface area contributed by atoms with Crippen LogP contribution in [0.1, 0.15) is 6.92 Å². The van der Waals surface area contributed by atoms with E-state index in [4.69, 9.17) is 21.4 Å². The third kappa shape index (κ3) is 4.48. The van der Waals surface area contributed by atoms with E-state index < -0.39 is 0 Å². The van der Waals surface area contributed by atoms with Crippen LogP contribution in [0.2, 0.25) is 5.02 Å². The molecule has 1 aromatic rings. The van der Waals surface area contributed by atoms with Crippen molar-refractivity contribution in [3.05, 3.63) is 27.7 Å². The van der Waals surface area contributed by atoms with E-state index >= 15 is 0 Å². The SMILES string of the molecule is CCN(CCO)C(=O)COc1ccc(Cl)cc1Br. The number of rotatable bonds is 6. The molecule has 1 rings (SSSR count). The minimum Gasteiger partial charge on any atom is -0.483 e. The van der Waals surface area contributed by atoms with Crippen molar-refractivity contribution in [3.8, 4) is 5.75 Å². The number of hydrogen-bond donors (Lipinski definition) is 1. The third-order valence-corrected chi connectivity index (χ3v) is 3.20. The zero-order valence-corrected chi connectivity index (χ0v) is 12.4. The average Bonchev–Trinajstić information content (AvgIpc) is 2.34. The Kier molecular flexibility index (Phi) is 6.46. The Bertz CT molecular complexity index is 414. The minimum absolute atomic E-state index is 0.0514. The summed E-state index contributed by atoms with van der Waals surface area (Å²) in [5.74, 6) is 0.404. The Morgan fingerprint density at radius 2 is 2.28 bits per heavy atom. The van der Waals surface area contributed by atoms with Gasteiger partial charge in [-0.05, 0) is 41.1 Å². The normalized spacial score (nSPS) is 10.2. The molecule has 0 radical (unpaired) electrons. The topological polar surface area (TPSA) is 49.8 Å². The highest BCUT2D eigenvalue weighted by Gasteiger charge is 2.12. The molecule has 0 aliphatic carbocycles. The molecule has 1 N–H and O–H groups in total. The van der Waals surface area contributed by atoms with E-state index in [1.54, 1.807) is 18.2 Å². The third-order valence-electron chi connectivity index (χ3n) is 2.35. The Morgan fingerprint density at radius 1 is 1.56 bits per heavy atom. The fraction of sp³-hybridized carbons (Fsp3) is 0.417. The van der Waals surface area contributed by atoms with Crippen LogP contribution < -0.4 is 4.74 Å². The molecule has 0 aliphatic rings. The highest BCUT2D eigenvalue weighted by molar-refractivity contribution is 9.10. The van der Waals surface area contributed by atoms with Gasteiger partial charge in [0.2, 0.25) is 0 Å². The van der Waals surface area contributed by atoms with E-state index in [0.29, 0.717) is 28.3 Å². The van der Waals surface area contributed by atoms with Crippen LogP contribution in [0.15, 0.2) is 22.7 Å². The average molecular weight is 337 g/mol. The maximum atomic E-state index is 11.8. The van der Waals surface area contributed by atoms with Crippen LogP contribution in [0.3, 0.4) is 0 Å². The molecule has 0 saturated carbocycles. The van der Waals surface area contributed by atoms with Crippen LogP contribution in [0, 0.1) is 0 Å². The molecule has 18 heavy (non-hydrogen) atoms. The van der Waals surface area contributed by atoms with Crippen molar-refractivity contribution in [2.24, 2.45) is 0 Å². The predicted octanol–water partition coefficient (Wildman–Crippen LogP) is 2.32. The van der Waals surface area contributed by atoms with Crippen molar-refractivity contribution >= 4 is 33.4 Å². The summed E-state index contributed by atoms with van der Waals surface area (Å²) in [5, 5.41) is 9.41. The van der Waals surface area contributed by atoms with Crippen LogP contribution in [0.25, 0.3) is 0 Å².